The molecule has 2 aromatic heterocycles. The fourth-order valence-electron chi connectivity index (χ4n) is 1.56. The van der Waals surface area contributed by atoms with Gasteiger partial charge in [-0.2, -0.15) is 0 Å². The average molecular weight is 233 g/mol. The molecule has 2 rings (SSSR count). The minimum atomic E-state index is -0.0429. The Balaban J connectivity index is 2.25. The van der Waals surface area contributed by atoms with Gasteiger partial charge in [-0.15, -0.1) is 0 Å². The lowest BCUT2D eigenvalue weighted by molar-refractivity contribution is 0.559. The molecule has 0 bridgehead atoms. The summed E-state index contributed by atoms with van der Waals surface area (Å²) in [6.07, 6.45) is 6.59. The summed E-state index contributed by atoms with van der Waals surface area (Å²) in [7, 11) is 0. The number of nitrogen functional groups attached to an aromatic ring is 1. The number of rotatable bonds is 3. The van der Waals surface area contributed by atoms with Gasteiger partial charge in [0, 0.05) is 18.4 Å². The third-order valence-corrected chi connectivity index (χ3v) is 2.49. The first-order valence-corrected chi connectivity index (χ1v) is 5.41. The zero-order chi connectivity index (χ0) is 12.4. The van der Waals surface area contributed by atoms with Crippen molar-refractivity contribution in [2.75, 3.05) is 5.73 Å². The highest BCUT2D eigenvalue weighted by Crippen LogP contribution is 2.02. The molecular weight excluding hydrogens is 218 g/mol. The highest BCUT2D eigenvalue weighted by Gasteiger charge is 2.06. The summed E-state index contributed by atoms with van der Waals surface area (Å²) in [5, 5.41) is 0. The second kappa shape index (κ2) is 4.40. The number of imidazole rings is 1. The molecule has 0 amide bonds. The fraction of sp³-hybridized carbons (Fsp3) is 0.364. The molecule has 0 aliphatic heterocycles. The molecule has 0 saturated heterocycles. The summed E-state index contributed by atoms with van der Waals surface area (Å²) in [6.45, 7) is 4.34. The second-order valence-electron chi connectivity index (χ2n) is 4.14. The van der Waals surface area contributed by atoms with Crippen molar-refractivity contribution in [3.63, 3.8) is 0 Å². The summed E-state index contributed by atoms with van der Waals surface area (Å²) in [5.74, 6) is 0.376. The fourth-order valence-corrected chi connectivity index (χ4v) is 1.56. The smallest absolute Gasteiger partial charge is 0.328 e. The van der Waals surface area contributed by atoms with E-state index in [2.05, 4.69) is 9.97 Å². The van der Waals surface area contributed by atoms with Gasteiger partial charge in [0.2, 0.25) is 0 Å². The molecule has 90 valence electrons. The molecule has 6 heteroatoms. The lowest BCUT2D eigenvalue weighted by Crippen LogP contribution is -2.25. The summed E-state index contributed by atoms with van der Waals surface area (Å²) in [6, 6.07) is 0.154. The summed E-state index contributed by atoms with van der Waals surface area (Å²) >= 11 is 0. The maximum absolute atomic E-state index is 11.9. The predicted octanol–water partition coefficient (Wildman–Crippen LogP) is 0.651. The van der Waals surface area contributed by atoms with Crippen molar-refractivity contribution in [2.24, 2.45) is 0 Å². The Morgan fingerprint density at radius 1 is 1.29 bits per heavy atom. The van der Waals surface area contributed by atoms with Crippen molar-refractivity contribution in [3.8, 4) is 0 Å². The topological polar surface area (TPSA) is 78.7 Å². The van der Waals surface area contributed by atoms with Gasteiger partial charge in [0.1, 0.15) is 5.82 Å². The quantitative estimate of drug-likeness (QED) is 0.844. The van der Waals surface area contributed by atoms with Crippen LogP contribution >= 0.6 is 0 Å². The third-order valence-electron chi connectivity index (χ3n) is 2.49. The van der Waals surface area contributed by atoms with Gasteiger partial charge in [0.25, 0.3) is 0 Å². The Bertz CT molecular complexity index is 552. The van der Waals surface area contributed by atoms with E-state index < -0.39 is 0 Å². The Hall–Kier alpha value is -2.11. The maximum Gasteiger partial charge on any atom is 0.328 e. The molecule has 0 aromatic carbocycles. The molecule has 0 spiro atoms. The van der Waals surface area contributed by atoms with Crippen LogP contribution in [0, 0.1) is 0 Å². The van der Waals surface area contributed by atoms with E-state index in [9.17, 15) is 4.79 Å². The van der Waals surface area contributed by atoms with E-state index in [1.807, 2.05) is 13.8 Å². The van der Waals surface area contributed by atoms with E-state index in [0.29, 0.717) is 18.1 Å². The maximum atomic E-state index is 11.9. The molecule has 0 aliphatic rings. The van der Waals surface area contributed by atoms with Crippen LogP contribution in [0.15, 0.2) is 29.6 Å². The van der Waals surface area contributed by atoms with Gasteiger partial charge < -0.3 is 5.73 Å². The van der Waals surface area contributed by atoms with Crippen molar-refractivity contribution in [2.45, 2.75) is 26.4 Å². The average Bonchev–Trinajstić information content (AvgIpc) is 2.64. The standard InChI is InChI=1S/C11H15N5O/c1-8(2)16-4-3-15(11(16)17)7-9-5-14-10(12)6-13-9/h3-6,8H,7H2,1-2H3,(H2,12,14). The summed E-state index contributed by atoms with van der Waals surface area (Å²) in [4.78, 5) is 20.0. The number of nitrogens with two attached hydrogens (primary N) is 1. The first kappa shape index (κ1) is 11.4. The van der Waals surface area contributed by atoms with Crippen molar-refractivity contribution in [3.05, 3.63) is 41.0 Å². The molecule has 0 saturated carbocycles. The van der Waals surface area contributed by atoms with Crippen LogP contribution in [0.2, 0.25) is 0 Å². The minimum Gasteiger partial charge on any atom is -0.382 e. The van der Waals surface area contributed by atoms with E-state index >= 15 is 0 Å². The zero-order valence-electron chi connectivity index (χ0n) is 9.87. The number of hydrogen-bond acceptors (Lipinski definition) is 4. The van der Waals surface area contributed by atoms with Gasteiger partial charge in [-0.1, -0.05) is 0 Å². The monoisotopic (exact) mass is 233 g/mol. The molecule has 6 nitrogen and oxygen atoms in total. The number of aromatic nitrogens is 4. The molecular formula is C11H15N5O. The van der Waals surface area contributed by atoms with Crippen LogP contribution in [0.4, 0.5) is 5.82 Å². The Labute approximate surface area is 98.7 Å². The van der Waals surface area contributed by atoms with Gasteiger partial charge in [-0.3, -0.25) is 14.1 Å². The van der Waals surface area contributed by atoms with Crippen LogP contribution in [0.25, 0.3) is 0 Å². The molecule has 0 radical (unpaired) electrons. The molecule has 2 N–H and O–H groups in total. The highest BCUT2D eigenvalue weighted by molar-refractivity contribution is 5.22. The zero-order valence-corrected chi connectivity index (χ0v) is 9.87. The normalized spacial score (nSPS) is 11.0. The number of hydrogen-bond donors (Lipinski definition) is 1. The van der Waals surface area contributed by atoms with E-state index in [0.717, 1.165) is 0 Å². The van der Waals surface area contributed by atoms with E-state index in [1.165, 1.54) is 6.20 Å². The highest BCUT2D eigenvalue weighted by atomic mass is 16.1. The molecule has 17 heavy (non-hydrogen) atoms. The van der Waals surface area contributed by atoms with Gasteiger partial charge in [-0.05, 0) is 13.8 Å². The van der Waals surface area contributed by atoms with Gasteiger partial charge in [-0.25, -0.2) is 9.78 Å². The van der Waals surface area contributed by atoms with Crippen LogP contribution in [0.5, 0.6) is 0 Å². The van der Waals surface area contributed by atoms with Crippen LogP contribution in [-0.2, 0) is 6.54 Å². The largest absolute Gasteiger partial charge is 0.382 e. The number of anilines is 1. The third kappa shape index (κ3) is 2.35. The van der Waals surface area contributed by atoms with Crippen LogP contribution < -0.4 is 11.4 Å². The van der Waals surface area contributed by atoms with Crippen LogP contribution in [0.3, 0.4) is 0 Å². The van der Waals surface area contributed by atoms with Crippen molar-refractivity contribution in [1.82, 2.24) is 19.1 Å². The predicted molar refractivity (Wildman–Crippen MR) is 64.6 cm³/mol. The second-order valence-corrected chi connectivity index (χ2v) is 4.14. The van der Waals surface area contributed by atoms with E-state index in [4.69, 9.17) is 5.73 Å². The summed E-state index contributed by atoms with van der Waals surface area (Å²) < 4.78 is 3.27. The first-order valence-electron chi connectivity index (χ1n) is 5.41. The van der Waals surface area contributed by atoms with Gasteiger partial charge in [0.05, 0.1) is 24.6 Å². The Kier molecular flexibility index (Phi) is 2.95. The first-order chi connectivity index (χ1) is 8.08. The van der Waals surface area contributed by atoms with Crippen molar-refractivity contribution < 1.29 is 0 Å². The lowest BCUT2D eigenvalue weighted by Gasteiger charge is -2.04. The van der Waals surface area contributed by atoms with Gasteiger partial charge in [0.15, 0.2) is 0 Å². The number of nitrogens with zero attached hydrogens (tertiary/aromatic N) is 4. The molecule has 2 aromatic rings. The van der Waals surface area contributed by atoms with E-state index in [1.54, 1.807) is 27.7 Å². The van der Waals surface area contributed by atoms with E-state index in [-0.39, 0.29) is 11.7 Å². The summed E-state index contributed by atoms with van der Waals surface area (Å²) in [5.41, 5.74) is 6.12. The van der Waals surface area contributed by atoms with Crippen LogP contribution in [-0.4, -0.2) is 19.1 Å². The molecule has 2 heterocycles. The van der Waals surface area contributed by atoms with Crippen LogP contribution in [0.1, 0.15) is 25.6 Å². The molecule has 0 atom stereocenters. The Morgan fingerprint density at radius 2 is 2.06 bits per heavy atom. The lowest BCUT2D eigenvalue weighted by atomic mass is 10.4. The van der Waals surface area contributed by atoms with Crippen molar-refractivity contribution in [1.29, 1.82) is 0 Å². The molecule has 0 unspecified atom stereocenters. The SMILES string of the molecule is CC(C)n1ccn(Cc2cnc(N)cn2)c1=O. The van der Waals surface area contributed by atoms with Gasteiger partial charge >= 0.3 is 5.69 Å². The molecule has 0 aliphatic carbocycles. The van der Waals surface area contributed by atoms with Crippen molar-refractivity contribution >= 4 is 5.82 Å². The molecule has 0 fully saturated rings. The minimum absolute atomic E-state index is 0.0429. The Morgan fingerprint density at radius 3 is 2.59 bits per heavy atom.